The molecule has 0 aromatic heterocycles. The summed E-state index contributed by atoms with van der Waals surface area (Å²) in [5, 5.41) is 3.41. The molecule has 0 spiro atoms. The molecule has 0 saturated carbocycles. The Balaban J connectivity index is 1.83. The number of aryl methyl sites for hydroxylation is 1. The molecule has 1 N–H and O–H groups in total. The number of amides is 1. The van der Waals surface area contributed by atoms with Crippen molar-refractivity contribution in [2.75, 3.05) is 25.0 Å². The summed E-state index contributed by atoms with van der Waals surface area (Å²) in [6.45, 7) is 5.06. The lowest BCUT2D eigenvalue weighted by molar-refractivity contribution is 0.0698. The van der Waals surface area contributed by atoms with E-state index in [4.69, 9.17) is 0 Å². The van der Waals surface area contributed by atoms with Gasteiger partial charge in [0, 0.05) is 19.6 Å². The monoisotopic (exact) mass is 258 g/mol. The first-order chi connectivity index (χ1) is 9.25. The third-order valence-corrected chi connectivity index (χ3v) is 4.38. The van der Waals surface area contributed by atoms with Crippen LogP contribution in [0.4, 0.5) is 5.69 Å². The van der Waals surface area contributed by atoms with Crippen LogP contribution in [-0.2, 0) is 6.42 Å². The van der Waals surface area contributed by atoms with Gasteiger partial charge in [0.25, 0.3) is 5.91 Å². The van der Waals surface area contributed by atoms with E-state index in [9.17, 15) is 4.79 Å². The van der Waals surface area contributed by atoms with Gasteiger partial charge in [-0.25, -0.2) is 0 Å². The molecule has 3 rings (SSSR count). The number of nitrogens with zero attached hydrogens (tertiary/aromatic N) is 1. The number of hydrogen-bond donors (Lipinski definition) is 1. The Labute approximate surface area is 115 Å². The Kier molecular flexibility index (Phi) is 3.45. The first-order valence-electron chi connectivity index (χ1n) is 7.41. The number of benzene rings is 1. The van der Waals surface area contributed by atoms with E-state index < -0.39 is 0 Å². The minimum Gasteiger partial charge on any atom is -0.384 e. The van der Waals surface area contributed by atoms with Crippen molar-refractivity contribution in [3.63, 3.8) is 0 Å². The highest BCUT2D eigenvalue weighted by Crippen LogP contribution is 2.28. The van der Waals surface area contributed by atoms with Crippen LogP contribution in [0.5, 0.6) is 0 Å². The van der Waals surface area contributed by atoms with Crippen LogP contribution in [0.25, 0.3) is 0 Å². The maximum atomic E-state index is 12.7. The van der Waals surface area contributed by atoms with E-state index in [-0.39, 0.29) is 5.91 Å². The zero-order valence-electron chi connectivity index (χ0n) is 11.6. The average molecular weight is 258 g/mol. The van der Waals surface area contributed by atoms with Crippen LogP contribution in [-0.4, -0.2) is 30.4 Å². The predicted octanol–water partition coefficient (Wildman–Crippen LogP) is 2.92. The highest BCUT2D eigenvalue weighted by atomic mass is 16.2. The van der Waals surface area contributed by atoms with E-state index in [1.165, 1.54) is 5.56 Å². The maximum Gasteiger partial charge on any atom is 0.255 e. The van der Waals surface area contributed by atoms with Crippen LogP contribution in [0.1, 0.15) is 42.1 Å². The molecule has 0 bridgehead atoms. The molecule has 0 radical (unpaired) electrons. The number of nitrogens with one attached hydrogen (secondary N) is 1. The molecular formula is C16H22N2O. The number of rotatable bonds is 1. The van der Waals surface area contributed by atoms with Gasteiger partial charge in [0.1, 0.15) is 0 Å². The van der Waals surface area contributed by atoms with Crippen molar-refractivity contribution in [3.05, 3.63) is 29.3 Å². The number of anilines is 1. The largest absolute Gasteiger partial charge is 0.384 e. The van der Waals surface area contributed by atoms with E-state index in [0.29, 0.717) is 0 Å². The van der Waals surface area contributed by atoms with E-state index in [1.807, 2.05) is 17.0 Å². The van der Waals surface area contributed by atoms with Gasteiger partial charge in [-0.15, -0.1) is 0 Å². The normalized spacial score (nSPS) is 19.7. The van der Waals surface area contributed by atoms with Crippen LogP contribution in [0.3, 0.4) is 0 Å². The molecule has 1 saturated heterocycles. The molecule has 19 heavy (non-hydrogen) atoms. The summed E-state index contributed by atoms with van der Waals surface area (Å²) in [4.78, 5) is 14.7. The Hall–Kier alpha value is -1.51. The Bertz CT molecular complexity index is 476. The molecule has 3 heteroatoms. The number of likely N-dealkylation sites (tertiary alicyclic amines) is 1. The quantitative estimate of drug-likeness (QED) is 0.840. The highest BCUT2D eigenvalue weighted by Gasteiger charge is 2.24. The fourth-order valence-corrected chi connectivity index (χ4v) is 3.07. The van der Waals surface area contributed by atoms with Crippen LogP contribution in [0, 0.1) is 5.92 Å². The molecule has 1 amide bonds. The van der Waals surface area contributed by atoms with Crippen molar-refractivity contribution < 1.29 is 4.79 Å². The van der Waals surface area contributed by atoms with Crippen molar-refractivity contribution in [2.45, 2.75) is 32.6 Å². The van der Waals surface area contributed by atoms with Crippen molar-refractivity contribution in [1.29, 1.82) is 0 Å². The van der Waals surface area contributed by atoms with Crippen molar-refractivity contribution >= 4 is 11.6 Å². The molecule has 0 atom stereocenters. The van der Waals surface area contributed by atoms with Crippen molar-refractivity contribution in [1.82, 2.24) is 4.90 Å². The minimum absolute atomic E-state index is 0.207. The fraction of sp³-hybridized carbons (Fsp3) is 0.562. The molecule has 2 aliphatic heterocycles. The highest BCUT2D eigenvalue weighted by molar-refractivity contribution is 6.00. The summed E-state index contributed by atoms with van der Waals surface area (Å²) < 4.78 is 0. The van der Waals surface area contributed by atoms with Crippen LogP contribution < -0.4 is 5.32 Å². The van der Waals surface area contributed by atoms with Gasteiger partial charge in [0.2, 0.25) is 0 Å². The van der Waals surface area contributed by atoms with Gasteiger partial charge in [0.15, 0.2) is 0 Å². The molecular weight excluding hydrogens is 236 g/mol. The number of piperidine rings is 1. The van der Waals surface area contributed by atoms with Gasteiger partial charge in [-0.1, -0.05) is 19.1 Å². The van der Waals surface area contributed by atoms with Gasteiger partial charge in [-0.3, -0.25) is 4.79 Å². The Morgan fingerprint density at radius 1 is 1.32 bits per heavy atom. The van der Waals surface area contributed by atoms with Crippen molar-refractivity contribution in [3.8, 4) is 0 Å². The van der Waals surface area contributed by atoms with Crippen molar-refractivity contribution in [2.24, 2.45) is 5.92 Å². The summed E-state index contributed by atoms with van der Waals surface area (Å²) in [6, 6.07) is 6.12. The third-order valence-electron chi connectivity index (χ3n) is 4.38. The zero-order chi connectivity index (χ0) is 13.2. The lowest BCUT2D eigenvalue weighted by Crippen LogP contribution is -2.38. The summed E-state index contributed by atoms with van der Waals surface area (Å²) >= 11 is 0. The predicted molar refractivity (Wildman–Crippen MR) is 77.6 cm³/mol. The molecule has 2 heterocycles. The summed E-state index contributed by atoms with van der Waals surface area (Å²) in [5.74, 6) is 0.963. The lowest BCUT2D eigenvalue weighted by Gasteiger charge is -2.31. The number of carbonyl (C=O) groups is 1. The minimum atomic E-state index is 0.207. The molecule has 0 aliphatic carbocycles. The van der Waals surface area contributed by atoms with E-state index in [0.717, 1.165) is 62.5 Å². The summed E-state index contributed by atoms with van der Waals surface area (Å²) in [5.41, 5.74) is 3.24. The number of para-hydroxylation sites is 1. The lowest BCUT2D eigenvalue weighted by atomic mass is 9.96. The number of hydrogen-bond acceptors (Lipinski definition) is 2. The zero-order valence-corrected chi connectivity index (χ0v) is 11.6. The smallest absolute Gasteiger partial charge is 0.255 e. The Morgan fingerprint density at radius 2 is 2.11 bits per heavy atom. The first kappa shape index (κ1) is 12.5. The fourth-order valence-electron chi connectivity index (χ4n) is 3.07. The molecule has 2 aliphatic rings. The van der Waals surface area contributed by atoms with E-state index in [1.54, 1.807) is 0 Å². The number of carbonyl (C=O) groups excluding carboxylic acids is 1. The molecule has 3 nitrogen and oxygen atoms in total. The van der Waals surface area contributed by atoms with Gasteiger partial charge in [0.05, 0.1) is 11.3 Å². The maximum absolute atomic E-state index is 12.7. The summed E-state index contributed by atoms with van der Waals surface area (Å²) in [6.07, 6.45) is 4.51. The van der Waals surface area contributed by atoms with Gasteiger partial charge in [-0.05, 0) is 43.2 Å². The first-order valence-corrected chi connectivity index (χ1v) is 7.41. The van der Waals surface area contributed by atoms with Gasteiger partial charge in [-0.2, -0.15) is 0 Å². The second-order valence-corrected chi connectivity index (χ2v) is 5.84. The van der Waals surface area contributed by atoms with Gasteiger partial charge >= 0.3 is 0 Å². The average Bonchev–Trinajstić information content (AvgIpc) is 2.47. The molecule has 0 unspecified atom stereocenters. The number of fused-ring (bicyclic) bond motifs is 1. The second kappa shape index (κ2) is 5.24. The second-order valence-electron chi connectivity index (χ2n) is 5.84. The molecule has 1 aromatic rings. The standard InChI is InChI=1S/C16H22N2O/c1-12-7-10-18(11-8-12)16(19)14-6-2-4-13-5-3-9-17-15(13)14/h2,4,6,12,17H,3,5,7-11H2,1H3. The molecule has 1 aromatic carbocycles. The van der Waals surface area contributed by atoms with E-state index in [2.05, 4.69) is 18.3 Å². The topological polar surface area (TPSA) is 32.3 Å². The van der Waals surface area contributed by atoms with Crippen LogP contribution in [0.15, 0.2) is 18.2 Å². The SMILES string of the molecule is CC1CCN(C(=O)c2cccc3c2NCCC3)CC1. The Morgan fingerprint density at radius 3 is 2.89 bits per heavy atom. The molecule has 1 fully saturated rings. The van der Waals surface area contributed by atoms with Crippen LogP contribution >= 0.6 is 0 Å². The van der Waals surface area contributed by atoms with Crippen LogP contribution in [0.2, 0.25) is 0 Å². The third kappa shape index (κ3) is 2.46. The van der Waals surface area contributed by atoms with E-state index >= 15 is 0 Å². The summed E-state index contributed by atoms with van der Waals surface area (Å²) in [7, 11) is 0. The van der Waals surface area contributed by atoms with Gasteiger partial charge < -0.3 is 10.2 Å². The molecule has 102 valence electrons.